The molecule has 0 fully saturated rings. The van der Waals surface area contributed by atoms with Crippen molar-refractivity contribution in [2.45, 2.75) is 0 Å². The predicted octanol–water partition coefficient (Wildman–Crippen LogP) is 4.37. The summed E-state index contributed by atoms with van der Waals surface area (Å²) in [6, 6.07) is 16.2. The van der Waals surface area contributed by atoms with E-state index >= 15 is 0 Å². The minimum absolute atomic E-state index is 0.311. The smallest absolute Gasteiger partial charge is 0.256 e. The summed E-state index contributed by atoms with van der Waals surface area (Å²) in [6.07, 6.45) is 0. The fourth-order valence-electron chi connectivity index (χ4n) is 1.94. The van der Waals surface area contributed by atoms with Gasteiger partial charge in [0.05, 0.1) is 0 Å². The Bertz CT molecular complexity index is 836. The zero-order valence-electron chi connectivity index (χ0n) is 12.3. The highest BCUT2D eigenvalue weighted by atomic mass is 79.9. The van der Waals surface area contributed by atoms with Crippen molar-refractivity contribution >= 4 is 39.2 Å². The van der Waals surface area contributed by atoms with E-state index in [1.54, 1.807) is 12.1 Å². The molecule has 1 aromatic heterocycles. The SMILES string of the molecule is O=C(Nc1ccc(Nc2ccc(Br)cc2)nn1)c1ccc(F)cc1. The third kappa shape index (κ3) is 4.14. The Hall–Kier alpha value is -2.80. The second-order valence-electron chi connectivity index (χ2n) is 4.90. The third-order valence-electron chi connectivity index (χ3n) is 3.13. The summed E-state index contributed by atoms with van der Waals surface area (Å²) >= 11 is 3.37. The Balaban J connectivity index is 1.64. The average Bonchev–Trinajstić information content (AvgIpc) is 2.59. The lowest BCUT2D eigenvalue weighted by atomic mass is 10.2. The number of amides is 1. The summed E-state index contributed by atoms with van der Waals surface area (Å²) < 4.78 is 13.8. The number of carbonyl (C=O) groups is 1. The Morgan fingerprint density at radius 2 is 1.50 bits per heavy atom. The van der Waals surface area contributed by atoms with Crippen LogP contribution in [0.25, 0.3) is 0 Å². The highest BCUT2D eigenvalue weighted by Gasteiger charge is 2.07. The molecular formula is C17H12BrFN4O. The van der Waals surface area contributed by atoms with Crippen molar-refractivity contribution in [2.24, 2.45) is 0 Å². The molecule has 0 spiro atoms. The molecule has 2 aromatic carbocycles. The molecule has 0 saturated carbocycles. The molecule has 0 radical (unpaired) electrons. The van der Waals surface area contributed by atoms with Gasteiger partial charge in [-0.25, -0.2) is 4.39 Å². The van der Waals surface area contributed by atoms with Crippen LogP contribution in [0.2, 0.25) is 0 Å². The zero-order valence-corrected chi connectivity index (χ0v) is 13.9. The summed E-state index contributed by atoms with van der Waals surface area (Å²) in [5, 5.41) is 13.7. The second kappa shape index (κ2) is 7.18. The summed E-state index contributed by atoms with van der Waals surface area (Å²) in [7, 11) is 0. The zero-order chi connectivity index (χ0) is 16.9. The van der Waals surface area contributed by atoms with Crippen molar-refractivity contribution in [2.75, 3.05) is 10.6 Å². The number of anilines is 3. The van der Waals surface area contributed by atoms with E-state index in [2.05, 4.69) is 36.8 Å². The van der Waals surface area contributed by atoms with Crippen LogP contribution >= 0.6 is 15.9 Å². The molecule has 0 unspecified atom stereocenters. The van der Waals surface area contributed by atoms with Crippen LogP contribution in [0.15, 0.2) is 65.1 Å². The first-order valence-electron chi connectivity index (χ1n) is 7.03. The van der Waals surface area contributed by atoms with E-state index in [9.17, 15) is 9.18 Å². The number of hydrogen-bond acceptors (Lipinski definition) is 4. The van der Waals surface area contributed by atoms with Gasteiger partial charge in [0.15, 0.2) is 11.6 Å². The van der Waals surface area contributed by atoms with Gasteiger partial charge < -0.3 is 10.6 Å². The van der Waals surface area contributed by atoms with E-state index in [1.165, 1.54) is 24.3 Å². The van der Waals surface area contributed by atoms with E-state index in [-0.39, 0.29) is 5.91 Å². The second-order valence-corrected chi connectivity index (χ2v) is 5.81. The normalized spacial score (nSPS) is 10.2. The molecule has 1 amide bonds. The van der Waals surface area contributed by atoms with E-state index in [1.807, 2.05) is 24.3 Å². The maximum absolute atomic E-state index is 12.9. The topological polar surface area (TPSA) is 66.9 Å². The molecule has 7 heteroatoms. The lowest BCUT2D eigenvalue weighted by Gasteiger charge is -2.07. The number of benzene rings is 2. The van der Waals surface area contributed by atoms with Gasteiger partial charge in [0.25, 0.3) is 5.91 Å². The van der Waals surface area contributed by atoms with Gasteiger partial charge in [-0.3, -0.25) is 4.79 Å². The van der Waals surface area contributed by atoms with Crippen molar-refractivity contribution in [3.05, 3.63) is 76.5 Å². The van der Waals surface area contributed by atoms with E-state index in [0.717, 1.165) is 10.2 Å². The summed E-state index contributed by atoms with van der Waals surface area (Å²) in [4.78, 5) is 12.0. The van der Waals surface area contributed by atoms with E-state index < -0.39 is 5.82 Å². The standard InChI is InChI=1S/C17H12BrFN4O/c18-12-3-7-14(8-4-12)20-15-9-10-16(23-22-15)21-17(24)11-1-5-13(19)6-2-11/h1-10H,(H,20,22)(H,21,23,24). The molecule has 120 valence electrons. The number of hydrogen-bond donors (Lipinski definition) is 2. The van der Waals surface area contributed by atoms with Crippen molar-refractivity contribution < 1.29 is 9.18 Å². The lowest BCUT2D eigenvalue weighted by Crippen LogP contribution is -2.13. The van der Waals surface area contributed by atoms with Crippen LogP contribution in [0.4, 0.5) is 21.7 Å². The number of nitrogens with zero attached hydrogens (tertiary/aromatic N) is 2. The predicted molar refractivity (Wildman–Crippen MR) is 93.8 cm³/mol. The third-order valence-corrected chi connectivity index (χ3v) is 3.66. The van der Waals surface area contributed by atoms with Crippen LogP contribution < -0.4 is 10.6 Å². The molecule has 3 aromatic rings. The molecule has 0 atom stereocenters. The van der Waals surface area contributed by atoms with Gasteiger partial charge in [0.2, 0.25) is 0 Å². The minimum Gasteiger partial charge on any atom is -0.339 e. The maximum Gasteiger partial charge on any atom is 0.256 e. The maximum atomic E-state index is 12.9. The molecule has 2 N–H and O–H groups in total. The molecule has 0 aliphatic rings. The first-order chi connectivity index (χ1) is 11.6. The van der Waals surface area contributed by atoms with Crippen molar-refractivity contribution in [3.63, 3.8) is 0 Å². The van der Waals surface area contributed by atoms with Gasteiger partial charge in [-0.05, 0) is 60.7 Å². The molecule has 0 aliphatic heterocycles. The van der Waals surface area contributed by atoms with Crippen LogP contribution in [0.5, 0.6) is 0 Å². The summed E-state index contributed by atoms with van der Waals surface area (Å²) in [5.41, 5.74) is 1.21. The molecule has 3 rings (SSSR count). The van der Waals surface area contributed by atoms with Crippen molar-refractivity contribution in [1.82, 2.24) is 10.2 Å². The van der Waals surface area contributed by atoms with E-state index in [4.69, 9.17) is 0 Å². The molecule has 5 nitrogen and oxygen atoms in total. The minimum atomic E-state index is -0.394. The van der Waals surface area contributed by atoms with Gasteiger partial charge in [0, 0.05) is 15.7 Å². The number of nitrogens with one attached hydrogen (secondary N) is 2. The summed E-state index contributed by atoms with van der Waals surface area (Å²) in [5.74, 6) is 0.0930. The Kier molecular flexibility index (Phi) is 4.81. The quantitative estimate of drug-likeness (QED) is 0.698. The molecule has 24 heavy (non-hydrogen) atoms. The Morgan fingerprint density at radius 3 is 2.12 bits per heavy atom. The Labute approximate surface area is 146 Å². The van der Waals surface area contributed by atoms with Gasteiger partial charge >= 0.3 is 0 Å². The molecule has 0 bridgehead atoms. The molecule has 0 saturated heterocycles. The molecule has 1 heterocycles. The van der Waals surface area contributed by atoms with Crippen molar-refractivity contribution in [1.29, 1.82) is 0 Å². The van der Waals surface area contributed by atoms with Gasteiger partial charge in [-0.15, -0.1) is 10.2 Å². The van der Waals surface area contributed by atoms with Crippen molar-refractivity contribution in [3.8, 4) is 0 Å². The largest absolute Gasteiger partial charge is 0.339 e. The summed E-state index contributed by atoms with van der Waals surface area (Å²) in [6.45, 7) is 0. The molecular weight excluding hydrogens is 375 g/mol. The fourth-order valence-corrected chi connectivity index (χ4v) is 2.20. The Morgan fingerprint density at radius 1 is 0.875 bits per heavy atom. The van der Waals surface area contributed by atoms with Crippen LogP contribution in [0, 0.1) is 5.82 Å². The van der Waals surface area contributed by atoms with Crippen LogP contribution in [0.1, 0.15) is 10.4 Å². The number of carbonyl (C=O) groups excluding carboxylic acids is 1. The van der Waals surface area contributed by atoms with Crippen LogP contribution in [-0.4, -0.2) is 16.1 Å². The van der Waals surface area contributed by atoms with Gasteiger partial charge in [-0.1, -0.05) is 15.9 Å². The number of rotatable bonds is 4. The van der Waals surface area contributed by atoms with Gasteiger partial charge in [0.1, 0.15) is 5.82 Å². The lowest BCUT2D eigenvalue weighted by molar-refractivity contribution is 0.102. The highest BCUT2D eigenvalue weighted by molar-refractivity contribution is 9.10. The highest BCUT2D eigenvalue weighted by Crippen LogP contribution is 2.18. The fraction of sp³-hybridized carbons (Fsp3) is 0. The molecule has 0 aliphatic carbocycles. The first kappa shape index (κ1) is 16.1. The average molecular weight is 387 g/mol. The van der Waals surface area contributed by atoms with Crippen LogP contribution in [-0.2, 0) is 0 Å². The number of halogens is 2. The first-order valence-corrected chi connectivity index (χ1v) is 7.83. The van der Waals surface area contributed by atoms with E-state index in [0.29, 0.717) is 17.2 Å². The van der Waals surface area contributed by atoms with Crippen LogP contribution in [0.3, 0.4) is 0 Å². The monoisotopic (exact) mass is 386 g/mol. The van der Waals surface area contributed by atoms with Gasteiger partial charge in [-0.2, -0.15) is 0 Å². The number of aromatic nitrogens is 2.